The maximum absolute atomic E-state index is 3.14. The molecule has 49 valence electrons. The van der Waals surface area contributed by atoms with Gasteiger partial charge in [0, 0.05) is 5.41 Å². The number of para-hydroxylation sites is 1. The van der Waals surface area contributed by atoms with E-state index >= 15 is 0 Å². The van der Waals surface area contributed by atoms with Gasteiger partial charge in [-0.15, -0.1) is 0 Å². The fraction of sp³-hybridized carbons (Fsp3) is 0. The molecule has 1 nitrogen and oxygen atoms in total. The van der Waals surface area contributed by atoms with Crippen LogP contribution in [0, 0.1) is 5.41 Å². The third kappa shape index (κ3) is 0.907. The van der Waals surface area contributed by atoms with Crippen molar-refractivity contribution in [2.45, 2.75) is 0 Å². The van der Waals surface area contributed by atoms with Crippen LogP contribution in [0.1, 0.15) is 5.56 Å². The van der Waals surface area contributed by atoms with Crippen LogP contribution >= 0.6 is 11.9 Å². The molecule has 0 atom stereocenters. The van der Waals surface area contributed by atoms with E-state index in [2.05, 4.69) is 22.3 Å². The molecule has 2 rings (SSSR count). The third-order valence-corrected chi connectivity index (χ3v) is 1.95. The van der Waals surface area contributed by atoms with E-state index in [9.17, 15) is 0 Å². The summed E-state index contributed by atoms with van der Waals surface area (Å²) in [5, 5.41) is 3.02. The minimum Gasteiger partial charge on any atom is -0.325 e. The van der Waals surface area contributed by atoms with Gasteiger partial charge in [-0.3, -0.25) is 0 Å². The van der Waals surface area contributed by atoms with Crippen molar-refractivity contribution in [2.75, 3.05) is 4.72 Å². The Balaban J connectivity index is 2.54. The summed E-state index contributed by atoms with van der Waals surface area (Å²) in [4.78, 5) is 0. The molecule has 0 aromatic heterocycles. The molecule has 0 saturated heterocycles. The van der Waals surface area contributed by atoms with E-state index in [1.165, 1.54) is 23.2 Å². The summed E-state index contributed by atoms with van der Waals surface area (Å²) in [5.74, 6) is 0. The molecule has 1 aliphatic heterocycles. The number of benzene rings is 1. The summed E-state index contributed by atoms with van der Waals surface area (Å²) in [6.07, 6.45) is 1.98. The minimum absolute atomic E-state index is 1.17. The van der Waals surface area contributed by atoms with Crippen LogP contribution in [-0.2, 0) is 0 Å². The van der Waals surface area contributed by atoms with Crippen molar-refractivity contribution in [1.82, 2.24) is 0 Å². The van der Waals surface area contributed by atoms with Gasteiger partial charge in [-0.25, -0.2) is 0 Å². The highest BCUT2D eigenvalue weighted by molar-refractivity contribution is 8.02. The predicted octanol–water partition coefficient (Wildman–Crippen LogP) is 2.53. The second-order valence-electron chi connectivity index (χ2n) is 2.05. The van der Waals surface area contributed by atoms with Gasteiger partial charge in [-0.05, 0) is 29.7 Å². The zero-order valence-electron chi connectivity index (χ0n) is 5.29. The Labute approximate surface area is 64.3 Å². The molecule has 0 unspecified atom stereocenters. The Morgan fingerprint density at radius 3 is 3.10 bits per heavy atom. The van der Waals surface area contributed by atoms with E-state index in [-0.39, 0.29) is 0 Å². The molecule has 0 bridgehead atoms. The number of hydrogen-bond acceptors (Lipinski definition) is 2. The van der Waals surface area contributed by atoms with Crippen LogP contribution in [0.3, 0.4) is 0 Å². The molecule has 1 aromatic carbocycles. The lowest BCUT2D eigenvalue weighted by atomic mass is 10.2. The lowest BCUT2D eigenvalue weighted by molar-refractivity contribution is 1.63. The van der Waals surface area contributed by atoms with Crippen molar-refractivity contribution >= 4 is 23.7 Å². The number of fused-ring (bicyclic) bond motifs is 1. The second-order valence-corrected chi connectivity index (χ2v) is 2.70. The first-order valence-corrected chi connectivity index (χ1v) is 3.88. The highest BCUT2D eigenvalue weighted by Gasteiger charge is 2.00. The Bertz CT molecular complexity index is 268. The van der Waals surface area contributed by atoms with E-state index in [1.807, 2.05) is 18.2 Å². The number of rotatable bonds is 0. The summed E-state index contributed by atoms with van der Waals surface area (Å²) in [6, 6.07) is 8.16. The van der Waals surface area contributed by atoms with Gasteiger partial charge < -0.3 is 4.72 Å². The van der Waals surface area contributed by atoms with Gasteiger partial charge >= 0.3 is 0 Å². The van der Waals surface area contributed by atoms with Gasteiger partial charge in [0.1, 0.15) is 0 Å². The first kappa shape index (κ1) is 5.86. The van der Waals surface area contributed by atoms with E-state index in [0.717, 1.165) is 0 Å². The van der Waals surface area contributed by atoms with Crippen LogP contribution in [0.4, 0.5) is 5.69 Å². The normalized spacial score (nSPS) is 14.0. The van der Waals surface area contributed by atoms with Gasteiger partial charge in [-0.2, -0.15) is 0 Å². The van der Waals surface area contributed by atoms with E-state index in [0.29, 0.717) is 0 Å². The molecular weight excluding hydrogens is 142 g/mol. The fourth-order valence-electron chi connectivity index (χ4n) is 0.893. The zero-order valence-corrected chi connectivity index (χ0v) is 6.11. The van der Waals surface area contributed by atoms with Crippen LogP contribution in [0.15, 0.2) is 24.3 Å². The van der Waals surface area contributed by atoms with Crippen molar-refractivity contribution in [2.24, 2.45) is 0 Å². The Morgan fingerprint density at radius 1 is 1.30 bits per heavy atom. The molecule has 0 aliphatic carbocycles. The SMILES string of the molecule is [C]1=Cc2ccccc2NS1. The molecule has 0 amide bonds. The van der Waals surface area contributed by atoms with E-state index in [4.69, 9.17) is 0 Å². The summed E-state index contributed by atoms with van der Waals surface area (Å²) in [7, 11) is 0. The Kier molecular flexibility index (Phi) is 1.40. The molecule has 0 spiro atoms. The largest absolute Gasteiger partial charge is 0.325 e. The summed E-state index contributed by atoms with van der Waals surface area (Å²) in [6.45, 7) is 0. The first-order valence-electron chi connectivity index (χ1n) is 3.06. The molecule has 2 heteroatoms. The quantitative estimate of drug-likeness (QED) is 0.567. The molecule has 0 saturated carbocycles. The molecule has 1 aliphatic rings. The highest BCUT2D eigenvalue weighted by Crippen LogP contribution is 2.24. The summed E-state index contributed by atoms with van der Waals surface area (Å²) < 4.78 is 3.14. The van der Waals surface area contributed by atoms with Crippen molar-refractivity contribution in [3.8, 4) is 0 Å². The smallest absolute Gasteiger partial charge is 0.0516 e. The lowest BCUT2D eigenvalue weighted by Crippen LogP contribution is -1.91. The van der Waals surface area contributed by atoms with E-state index < -0.39 is 0 Å². The second kappa shape index (κ2) is 2.39. The zero-order chi connectivity index (χ0) is 6.81. The molecule has 1 radical (unpaired) electrons. The van der Waals surface area contributed by atoms with E-state index in [1.54, 1.807) is 0 Å². The van der Waals surface area contributed by atoms with Crippen molar-refractivity contribution < 1.29 is 0 Å². The topological polar surface area (TPSA) is 12.0 Å². The maximum atomic E-state index is 3.14. The molecule has 0 fully saturated rings. The minimum atomic E-state index is 1.17. The average Bonchev–Trinajstić information content (AvgIpc) is 2.05. The number of hydrogen-bond donors (Lipinski definition) is 1. The molecule has 1 aromatic rings. The van der Waals surface area contributed by atoms with Gasteiger partial charge in [0.05, 0.1) is 5.69 Å². The Morgan fingerprint density at radius 2 is 2.20 bits per heavy atom. The summed E-state index contributed by atoms with van der Waals surface area (Å²) >= 11 is 1.48. The number of nitrogens with one attached hydrogen (secondary N) is 1. The first-order chi connectivity index (χ1) is 4.97. The van der Waals surface area contributed by atoms with Crippen LogP contribution in [0.25, 0.3) is 6.08 Å². The molecule has 1 heterocycles. The maximum Gasteiger partial charge on any atom is 0.0516 e. The molecular formula is C8H6NS. The van der Waals surface area contributed by atoms with Crippen LogP contribution in [0.5, 0.6) is 0 Å². The molecule has 1 N–H and O–H groups in total. The monoisotopic (exact) mass is 148 g/mol. The predicted molar refractivity (Wildman–Crippen MR) is 45.4 cm³/mol. The van der Waals surface area contributed by atoms with Gasteiger partial charge in [0.25, 0.3) is 0 Å². The third-order valence-electron chi connectivity index (χ3n) is 1.40. The molecule has 10 heavy (non-hydrogen) atoms. The fourth-order valence-corrected chi connectivity index (χ4v) is 1.43. The van der Waals surface area contributed by atoms with Gasteiger partial charge in [0.15, 0.2) is 0 Å². The van der Waals surface area contributed by atoms with Crippen LogP contribution in [-0.4, -0.2) is 0 Å². The van der Waals surface area contributed by atoms with Gasteiger partial charge in [-0.1, -0.05) is 18.2 Å². The van der Waals surface area contributed by atoms with Crippen LogP contribution < -0.4 is 4.72 Å². The standard InChI is InChI=1S/C8H6NS/c1-2-4-8-7(3-1)5-6-10-9-8/h1-5,9H. The van der Waals surface area contributed by atoms with Crippen LogP contribution in [0.2, 0.25) is 0 Å². The number of anilines is 1. The van der Waals surface area contributed by atoms with Crippen molar-refractivity contribution in [1.29, 1.82) is 0 Å². The summed E-state index contributed by atoms with van der Waals surface area (Å²) in [5.41, 5.74) is 2.38. The average molecular weight is 148 g/mol. The lowest BCUT2D eigenvalue weighted by Gasteiger charge is -2.09. The van der Waals surface area contributed by atoms with Gasteiger partial charge in [0.2, 0.25) is 0 Å². The van der Waals surface area contributed by atoms with Crippen molar-refractivity contribution in [3.05, 3.63) is 35.2 Å². The van der Waals surface area contributed by atoms with Crippen molar-refractivity contribution in [3.63, 3.8) is 0 Å². The Hall–Kier alpha value is -0.890. The highest BCUT2D eigenvalue weighted by atomic mass is 32.2.